The quantitative estimate of drug-likeness (QED) is 0.755. The van der Waals surface area contributed by atoms with Crippen LogP contribution in [-0.2, 0) is 0 Å². The van der Waals surface area contributed by atoms with Crippen LogP contribution in [0.4, 0.5) is 0 Å². The molecule has 0 aliphatic rings. The number of halogens is 1. The van der Waals surface area contributed by atoms with Crippen molar-refractivity contribution in [1.29, 1.82) is 0 Å². The van der Waals surface area contributed by atoms with Gasteiger partial charge in [-0.3, -0.25) is 4.79 Å². The van der Waals surface area contributed by atoms with Crippen LogP contribution in [0.5, 0.6) is 0 Å². The summed E-state index contributed by atoms with van der Waals surface area (Å²) in [6.45, 7) is 10.9. The maximum absolute atomic E-state index is 12.7. The van der Waals surface area contributed by atoms with Gasteiger partial charge in [0.1, 0.15) is 0 Å². The molecule has 1 aromatic heterocycles. The van der Waals surface area contributed by atoms with Gasteiger partial charge < -0.3 is 4.90 Å². The maximum Gasteiger partial charge on any atom is 0.257 e. The molecule has 2 rings (SSSR count). The lowest BCUT2D eigenvalue weighted by molar-refractivity contribution is 0.0777. The summed E-state index contributed by atoms with van der Waals surface area (Å²) in [4.78, 5) is 14.4. The van der Waals surface area contributed by atoms with E-state index in [0.717, 1.165) is 21.4 Å². The Morgan fingerprint density at radius 3 is 2.55 bits per heavy atom. The van der Waals surface area contributed by atoms with Crippen LogP contribution in [-0.4, -0.2) is 33.7 Å². The second kappa shape index (κ2) is 6.92. The number of nitrogens with zero attached hydrogens (tertiary/aromatic N) is 3. The molecule has 4 nitrogen and oxygen atoms in total. The van der Waals surface area contributed by atoms with E-state index in [9.17, 15) is 4.79 Å². The van der Waals surface area contributed by atoms with Gasteiger partial charge in [0.05, 0.1) is 23.1 Å². The Morgan fingerprint density at radius 2 is 2.00 bits per heavy atom. The van der Waals surface area contributed by atoms with Crippen molar-refractivity contribution in [3.63, 3.8) is 0 Å². The molecule has 0 unspecified atom stereocenters. The van der Waals surface area contributed by atoms with E-state index < -0.39 is 0 Å². The second-order valence-corrected chi connectivity index (χ2v) is 6.22. The highest BCUT2D eigenvalue weighted by molar-refractivity contribution is 9.10. The van der Waals surface area contributed by atoms with Gasteiger partial charge in [0.15, 0.2) is 0 Å². The zero-order valence-corrected chi connectivity index (χ0v) is 14.7. The highest BCUT2D eigenvalue weighted by Gasteiger charge is 2.20. The van der Waals surface area contributed by atoms with Crippen LogP contribution in [0.25, 0.3) is 5.69 Å². The molecular weight excluding hydrogens is 342 g/mol. The second-order valence-electron chi connectivity index (χ2n) is 5.31. The summed E-state index contributed by atoms with van der Waals surface area (Å²) >= 11 is 3.42. The number of carbonyl (C=O) groups is 1. The van der Waals surface area contributed by atoms with Gasteiger partial charge in [-0.2, -0.15) is 5.10 Å². The van der Waals surface area contributed by atoms with Gasteiger partial charge in [-0.25, -0.2) is 4.68 Å². The Bertz CT molecular complexity index is 688. The maximum atomic E-state index is 12.7. The van der Waals surface area contributed by atoms with Crippen molar-refractivity contribution in [3.05, 3.63) is 58.3 Å². The first-order valence-electron chi connectivity index (χ1n) is 7.18. The molecule has 0 saturated carbocycles. The van der Waals surface area contributed by atoms with Crippen LogP contribution in [0.3, 0.4) is 0 Å². The van der Waals surface area contributed by atoms with Crippen molar-refractivity contribution >= 4 is 21.8 Å². The summed E-state index contributed by atoms with van der Waals surface area (Å²) in [5.41, 5.74) is 3.37. The van der Waals surface area contributed by atoms with Crippen LogP contribution in [0.2, 0.25) is 0 Å². The number of amides is 1. The normalized spacial score (nSPS) is 10.5. The minimum absolute atomic E-state index is 0.00800. The zero-order valence-electron chi connectivity index (χ0n) is 13.1. The third-order valence-electron chi connectivity index (χ3n) is 3.44. The molecule has 0 spiro atoms. The fourth-order valence-corrected chi connectivity index (χ4v) is 2.55. The monoisotopic (exact) mass is 361 g/mol. The molecule has 0 fully saturated rings. The minimum Gasteiger partial charge on any atom is -0.335 e. The standard InChI is InChI=1S/C17H20BrN3O/c1-5-20(11-12(2)3)17(22)16-10-19-21(13(16)4)15-8-6-14(18)7-9-15/h6-10H,2,5,11H2,1,3-4H3. The van der Waals surface area contributed by atoms with Gasteiger partial charge in [0.25, 0.3) is 5.91 Å². The Morgan fingerprint density at radius 1 is 1.36 bits per heavy atom. The highest BCUT2D eigenvalue weighted by atomic mass is 79.9. The van der Waals surface area contributed by atoms with Gasteiger partial charge in [0.2, 0.25) is 0 Å². The van der Waals surface area contributed by atoms with Crippen LogP contribution < -0.4 is 0 Å². The average molecular weight is 362 g/mol. The molecule has 1 heterocycles. The third-order valence-corrected chi connectivity index (χ3v) is 3.97. The van der Waals surface area contributed by atoms with Gasteiger partial charge >= 0.3 is 0 Å². The largest absolute Gasteiger partial charge is 0.335 e. The molecule has 5 heteroatoms. The average Bonchev–Trinajstić information content (AvgIpc) is 2.86. The Labute approximate surface area is 139 Å². The molecule has 22 heavy (non-hydrogen) atoms. The van der Waals surface area contributed by atoms with Crippen LogP contribution in [0.15, 0.2) is 47.1 Å². The van der Waals surface area contributed by atoms with Crippen molar-refractivity contribution in [2.45, 2.75) is 20.8 Å². The van der Waals surface area contributed by atoms with Gasteiger partial charge in [0, 0.05) is 17.6 Å². The first kappa shape index (κ1) is 16.5. The molecule has 1 amide bonds. The summed E-state index contributed by atoms with van der Waals surface area (Å²) in [7, 11) is 0. The van der Waals surface area contributed by atoms with E-state index in [1.54, 1.807) is 15.8 Å². The lowest BCUT2D eigenvalue weighted by atomic mass is 10.2. The summed E-state index contributed by atoms with van der Waals surface area (Å²) in [5, 5.41) is 4.36. The minimum atomic E-state index is -0.00800. The number of hydrogen-bond donors (Lipinski definition) is 0. The summed E-state index contributed by atoms with van der Waals surface area (Å²) < 4.78 is 2.80. The lowest BCUT2D eigenvalue weighted by Crippen LogP contribution is -2.32. The lowest BCUT2D eigenvalue weighted by Gasteiger charge is -2.20. The SMILES string of the molecule is C=C(C)CN(CC)C(=O)c1cnn(-c2ccc(Br)cc2)c1C. The molecule has 0 N–H and O–H groups in total. The fourth-order valence-electron chi connectivity index (χ4n) is 2.29. The smallest absolute Gasteiger partial charge is 0.257 e. The van der Waals surface area contributed by atoms with Crippen molar-refractivity contribution in [2.75, 3.05) is 13.1 Å². The molecule has 1 aromatic carbocycles. The topological polar surface area (TPSA) is 38.1 Å². The fraction of sp³-hybridized carbons (Fsp3) is 0.294. The first-order chi connectivity index (χ1) is 10.4. The van der Waals surface area contributed by atoms with Crippen LogP contribution in [0.1, 0.15) is 29.9 Å². The number of carbonyl (C=O) groups excluding carboxylic acids is 1. The van der Waals surface area contributed by atoms with Crippen LogP contribution in [0, 0.1) is 6.92 Å². The van der Waals surface area contributed by atoms with E-state index in [0.29, 0.717) is 18.7 Å². The molecular formula is C17H20BrN3O. The van der Waals surface area contributed by atoms with E-state index in [-0.39, 0.29) is 5.91 Å². The first-order valence-corrected chi connectivity index (χ1v) is 7.97. The molecule has 116 valence electrons. The number of rotatable bonds is 5. The van der Waals surface area contributed by atoms with Crippen molar-refractivity contribution < 1.29 is 4.79 Å². The zero-order chi connectivity index (χ0) is 16.3. The van der Waals surface area contributed by atoms with E-state index in [1.807, 2.05) is 45.0 Å². The Balaban J connectivity index is 2.32. The molecule has 0 atom stereocenters. The molecule has 0 bridgehead atoms. The van der Waals surface area contributed by atoms with Crippen LogP contribution >= 0.6 is 15.9 Å². The number of aromatic nitrogens is 2. The number of likely N-dealkylation sites (N-methyl/N-ethyl adjacent to an activating group) is 1. The van der Waals surface area contributed by atoms with E-state index in [1.165, 1.54) is 0 Å². The molecule has 2 aromatic rings. The molecule has 0 aliphatic heterocycles. The Kier molecular flexibility index (Phi) is 5.19. The third kappa shape index (κ3) is 3.47. The van der Waals surface area contributed by atoms with Gasteiger partial charge in [-0.05, 0) is 45.0 Å². The van der Waals surface area contributed by atoms with Crippen molar-refractivity contribution in [1.82, 2.24) is 14.7 Å². The summed E-state index contributed by atoms with van der Waals surface area (Å²) in [6, 6.07) is 7.84. The number of hydrogen-bond acceptors (Lipinski definition) is 2. The predicted octanol–water partition coefficient (Wildman–Crippen LogP) is 3.98. The molecule has 0 saturated heterocycles. The molecule has 0 radical (unpaired) electrons. The van der Waals surface area contributed by atoms with E-state index >= 15 is 0 Å². The van der Waals surface area contributed by atoms with Gasteiger partial charge in [-0.15, -0.1) is 0 Å². The number of benzene rings is 1. The van der Waals surface area contributed by atoms with Crippen molar-refractivity contribution in [2.24, 2.45) is 0 Å². The summed E-state index contributed by atoms with van der Waals surface area (Å²) in [5.74, 6) is -0.00800. The highest BCUT2D eigenvalue weighted by Crippen LogP contribution is 2.18. The van der Waals surface area contributed by atoms with Gasteiger partial charge in [-0.1, -0.05) is 28.1 Å². The Hall–Kier alpha value is -1.88. The summed E-state index contributed by atoms with van der Waals surface area (Å²) in [6.07, 6.45) is 1.64. The van der Waals surface area contributed by atoms with E-state index in [4.69, 9.17) is 0 Å². The van der Waals surface area contributed by atoms with Crippen molar-refractivity contribution in [3.8, 4) is 5.69 Å². The molecule has 0 aliphatic carbocycles. The van der Waals surface area contributed by atoms with E-state index in [2.05, 4.69) is 27.6 Å². The predicted molar refractivity (Wildman–Crippen MR) is 92.4 cm³/mol.